The maximum atomic E-state index is 14.4. The Morgan fingerprint density at radius 3 is 2.51 bits per heavy atom. The predicted octanol–water partition coefficient (Wildman–Crippen LogP) is 2.14. The fourth-order valence-corrected chi connectivity index (χ4v) is 8.36. The van der Waals surface area contributed by atoms with Gasteiger partial charge in [0.05, 0.1) is 18.4 Å². The van der Waals surface area contributed by atoms with Gasteiger partial charge in [0.2, 0.25) is 27.7 Å². The molecule has 2 aliphatic heterocycles. The number of aromatic nitrogens is 4. The molecular weight excluding hydrogens is 680 g/mol. The Hall–Kier alpha value is -4.54. The lowest BCUT2D eigenvalue weighted by molar-refractivity contribution is -0.141. The minimum absolute atomic E-state index is 0.0315. The summed E-state index contributed by atoms with van der Waals surface area (Å²) in [5, 5.41) is 18.1. The van der Waals surface area contributed by atoms with Crippen molar-refractivity contribution in [1.29, 1.82) is 0 Å². The average Bonchev–Trinajstić information content (AvgIpc) is 3.97. The smallest absolute Gasteiger partial charge is 0.408 e. The Bertz CT molecular complexity index is 1790. The zero-order chi connectivity index (χ0) is 35.8. The average molecular weight is 725 g/mol. The van der Waals surface area contributed by atoms with E-state index in [9.17, 15) is 27.6 Å². The first-order valence-corrected chi connectivity index (χ1v) is 19.4. The number of rotatable bonds is 8. The molecule has 3 heterocycles. The summed E-state index contributed by atoms with van der Waals surface area (Å²) in [5.74, 6) is -1.26. The van der Waals surface area contributed by atoms with Crippen LogP contribution in [0.3, 0.4) is 0 Å². The number of tetrazole rings is 1. The van der Waals surface area contributed by atoms with Crippen LogP contribution in [0.5, 0.6) is 5.75 Å². The summed E-state index contributed by atoms with van der Waals surface area (Å²) in [7, 11) is -2.31. The third kappa shape index (κ3) is 7.58. The molecule has 5 aliphatic rings. The van der Waals surface area contributed by atoms with Gasteiger partial charge in [0.1, 0.15) is 29.5 Å². The molecule has 0 radical (unpaired) electrons. The van der Waals surface area contributed by atoms with Gasteiger partial charge in [0.25, 0.3) is 5.91 Å². The molecular formula is C34H44N8O8S. The van der Waals surface area contributed by atoms with Crippen LogP contribution in [-0.4, -0.2) is 100.0 Å². The van der Waals surface area contributed by atoms with Crippen LogP contribution in [0.2, 0.25) is 0 Å². The van der Waals surface area contributed by atoms with Gasteiger partial charge in [-0.05, 0) is 87.3 Å². The van der Waals surface area contributed by atoms with Crippen molar-refractivity contribution in [1.82, 2.24) is 40.5 Å². The van der Waals surface area contributed by atoms with E-state index in [4.69, 9.17) is 9.47 Å². The van der Waals surface area contributed by atoms with Crippen LogP contribution in [0.4, 0.5) is 4.79 Å². The van der Waals surface area contributed by atoms with Gasteiger partial charge in [-0.3, -0.25) is 19.1 Å². The summed E-state index contributed by atoms with van der Waals surface area (Å²) in [5.41, 5.74) is -0.792. The van der Waals surface area contributed by atoms with Gasteiger partial charge in [0.15, 0.2) is 0 Å². The molecule has 0 bridgehead atoms. The number of fused-ring (bicyclic) bond motifs is 2. The number of ether oxygens (including phenoxy) is 2. The molecule has 3 saturated carbocycles. The van der Waals surface area contributed by atoms with E-state index in [0.29, 0.717) is 49.2 Å². The highest BCUT2D eigenvalue weighted by Gasteiger charge is 2.62. The van der Waals surface area contributed by atoms with E-state index in [0.717, 1.165) is 32.1 Å². The largest absolute Gasteiger partial charge is 0.497 e. The van der Waals surface area contributed by atoms with Crippen LogP contribution in [-0.2, 0) is 29.1 Å². The number of sulfonamides is 1. The maximum Gasteiger partial charge on any atom is 0.408 e. The van der Waals surface area contributed by atoms with Crippen LogP contribution in [0.1, 0.15) is 83.1 Å². The van der Waals surface area contributed by atoms with E-state index in [2.05, 4.69) is 30.8 Å². The summed E-state index contributed by atoms with van der Waals surface area (Å²) in [4.78, 5) is 58.0. The highest BCUT2D eigenvalue weighted by Crippen LogP contribution is 2.46. The fraction of sp³-hybridized carbons (Fsp3) is 0.618. The quantitative estimate of drug-likeness (QED) is 0.337. The topological polar surface area (TPSA) is 204 Å². The predicted molar refractivity (Wildman–Crippen MR) is 181 cm³/mol. The van der Waals surface area contributed by atoms with Gasteiger partial charge in [-0.1, -0.05) is 25.0 Å². The van der Waals surface area contributed by atoms with Crippen LogP contribution >= 0.6 is 0 Å². The van der Waals surface area contributed by atoms with E-state index >= 15 is 0 Å². The second-order valence-electron chi connectivity index (χ2n) is 14.2. The molecule has 1 saturated heterocycles. The van der Waals surface area contributed by atoms with Gasteiger partial charge >= 0.3 is 6.09 Å². The molecule has 7 rings (SSSR count). The minimum atomic E-state index is -3.88. The number of hydrogen-bond acceptors (Lipinski definition) is 11. The van der Waals surface area contributed by atoms with Crippen molar-refractivity contribution in [2.75, 3.05) is 13.7 Å². The number of carbonyl (C=O) groups excluding carboxylic acids is 4. The van der Waals surface area contributed by atoms with Crippen LogP contribution in [0, 0.1) is 5.92 Å². The third-order valence-electron chi connectivity index (χ3n) is 10.6. The SMILES string of the molecule is COc1ccc(-c2nnn([C@@H]3C[C@H]4C(=O)N[C@@]5(C(=O)NS(=O)(=O)C6CC6)C[C@H]5/C=C\CCCCC[C@@H](NC(=O)OC5CCC5)C(=O)N4C3)n2)cc1. The third-order valence-corrected chi connectivity index (χ3v) is 12.4. The van der Waals surface area contributed by atoms with Crippen molar-refractivity contribution >= 4 is 33.8 Å². The van der Waals surface area contributed by atoms with Crippen molar-refractivity contribution in [3.05, 3.63) is 36.4 Å². The Morgan fingerprint density at radius 2 is 1.80 bits per heavy atom. The second kappa shape index (κ2) is 14.2. The zero-order valence-electron chi connectivity index (χ0n) is 28.5. The Kier molecular flexibility index (Phi) is 9.74. The summed E-state index contributed by atoms with van der Waals surface area (Å²) in [6, 6.07) is 4.53. The van der Waals surface area contributed by atoms with Crippen LogP contribution < -0.4 is 20.1 Å². The molecule has 1 aromatic carbocycles. The molecule has 51 heavy (non-hydrogen) atoms. The molecule has 17 heteroatoms. The van der Waals surface area contributed by atoms with E-state index in [1.165, 1.54) is 9.70 Å². The molecule has 0 spiro atoms. The summed E-state index contributed by atoms with van der Waals surface area (Å²) in [6.07, 6.45) is 10.0. The van der Waals surface area contributed by atoms with Crippen molar-refractivity contribution in [3.63, 3.8) is 0 Å². The van der Waals surface area contributed by atoms with Gasteiger partial charge in [-0.15, -0.1) is 10.2 Å². The number of benzene rings is 1. The number of nitrogens with one attached hydrogen (secondary N) is 3. The maximum absolute atomic E-state index is 14.4. The van der Waals surface area contributed by atoms with Crippen LogP contribution in [0.25, 0.3) is 11.4 Å². The molecule has 16 nitrogen and oxygen atoms in total. The van der Waals surface area contributed by atoms with Gasteiger partial charge in [-0.2, -0.15) is 4.80 Å². The van der Waals surface area contributed by atoms with Crippen molar-refractivity contribution < 1.29 is 37.1 Å². The zero-order valence-corrected chi connectivity index (χ0v) is 29.3. The van der Waals surface area contributed by atoms with Crippen molar-refractivity contribution in [3.8, 4) is 17.1 Å². The first-order valence-electron chi connectivity index (χ1n) is 17.8. The fourth-order valence-electron chi connectivity index (χ4n) is 7.00. The summed E-state index contributed by atoms with van der Waals surface area (Å²) in [6.45, 7) is 0.0315. The lowest BCUT2D eigenvalue weighted by Crippen LogP contribution is -2.58. The lowest BCUT2D eigenvalue weighted by atomic mass is 9.96. The normalized spacial score (nSPS) is 29.2. The van der Waals surface area contributed by atoms with Gasteiger partial charge in [-0.25, -0.2) is 13.2 Å². The van der Waals surface area contributed by atoms with E-state index in [-0.39, 0.29) is 25.5 Å². The molecule has 4 amide bonds. The van der Waals surface area contributed by atoms with Crippen LogP contribution in [0.15, 0.2) is 36.4 Å². The number of hydrogen-bond donors (Lipinski definition) is 3. The van der Waals surface area contributed by atoms with Crippen molar-refractivity contribution in [2.24, 2.45) is 5.92 Å². The molecule has 0 unspecified atom stereocenters. The number of alkyl carbamates (subject to hydrolysis) is 1. The Morgan fingerprint density at radius 1 is 1.02 bits per heavy atom. The molecule has 3 aliphatic carbocycles. The second-order valence-corrected chi connectivity index (χ2v) is 16.2. The van der Waals surface area contributed by atoms with Gasteiger partial charge in [0, 0.05) is 24.4 Å². The monoisotopic (exact) mass is 724 g/mol. The van der Waals surface area contributed by atoms with E-state index in [1.54, 1.807) is 31.4 Å². The number of amides is 4. The summed E-state index contributed by atoms with van der Waals surface area (Å²) < 4.78 is 38.5. The lowest BCUT2D eigenvalue weighted by Gasteiger charge is -2.31. The number of allylic oxidation sites excluding steroid dienone is 1. The first-order chi connectivity index (χ1) is 24.6. The number of methoxy groups -OCH3 is 1. The highest BCUT2D eigenvalue weighted by atomic mass is 32.2. The minimum Gasteiger partial charge on any atom is -0.497 e. The molecule has 3 N–H and O–H groups in total. The number of nitrogens with zero attached hydrogens (tertiary/aromatic N) is 5. The molecule has 274 valence electrons. The molecule has 1 aromatic heterocycles. The first kappa shape index (κ1) is 34.9. The van der Waals surface area contributed by atoms with E-state index in [1.807, 2.05) is 12.2 Å². The molecule has 2 aromatic rings. The van der Waals surface area contributed by atoms with E-state index < -0.39 is 68.7 Å². The Balaban J connectivity index is 1.17. The van der Waals surface area contributed by atoms with Gasteiger partial charge < -0.3 is 25.0 Å². The van der Waals surface area contributed by atoms with Crippen molar-refractivity contribution in [2.45, 2.75) is 112 Å². The molecule has 5 atom stereocenters. The molecule has 4 fully saturated rings. The summed E-state index contributed by atoms with van der Waals surface area (Å²) >= 11 is 0. The number of carbonyl (C=O) groups is 4. The standard InChI is InChI=1S/C34H44N8O8S/c1-49-24-14-12-21(13-15-24)29-37-40-42(38-29)23-18-28-30(43)36-34(32(45)39-51(47,48)26-16-17-26)19-22(34)8-5-3-2-4-6-11-27(31(44)41(28)20-23)35-33(46)50-25-9-7-10-25/h5,8,12-15,22-23,25-28H,2-4,6-7,9-11,16-20H2,1H3,(H,35,46)(H,36,43)(H,39,45)/b8-5-/t22-,23-,27-,28+,34+/m1/s1. The Labute approximate surface area is 296 Å². The highest BCUT2D eigenvalue weighted by molar-refractivity contribution is 7.91.